The van der Waals surface area contributed by atoms with E-state index in [2.05, 4.69) is 24.1 Å². The highest BCUT2D eigenvalue weighted by Gasteiger charge is 2.40. The van der Waals surface area contributed by atoms with E-state index in [4.69, 9.17) is 0 Å². The van der Waals surface area contributed by atoms with Crippen LogP contribution in [0.25, 0.3) is 0 Å². The number of hydrogen-bond acceptors (Lipinski definition) is 2. The normalized spacial score (nSPS) is 38.6. The summed E-state index contributed by atoms with van der Waals surface area (Å²) in [5, 5.41) is 3.92. The molecule has 0 amide bonds. The third-order valence-electron chi connectivity index (χ3n) is 5.17. The Morgan fingerprint density at radius 2 is 1.71 bits per heavy atom. The van der Waals surface area contributed by atoms with Gasteiger partial charge in [0.1, 0.15) is 0 Å². The van der Waals surface area contributed by atoms with Crippen molar-refractivity contribution in [1.82, 2.24) is 10.2 Å². The summed E-state index contributed by atoms with van der Waals surface area (Å²) >= 11 is 0. The maximum absolute atomic E-state index is 3.92. The molecule has 98 valence electrons. The molecule has 1 N–H and O–H groups in total. The lowest BCUT2D eigenvalue weighted by Gasteiger charge is -2.49. The zero-order valence-corrected chi connectivity index (χ0v) is 11.5. The van der Waals surface area contributed by atoms with E-state index < -0.39 is 0 Å². The quantitative estimate of drug-likeness (QED) is 0.807. The van der Waals surface area contributed by atoms with Gasteiger partial charge in [-0.2, -0.15) is 0 Å². The first-order chi connectivity index (χ1) is 8.24. The highest BCUT2D eigenvalue weighted by atomic mass is 15.2. The SMILES string of the molecule is CC(C)N1CC2CCCC(C1)C2NCC1CC1. The third-order valence-corrected chi connectivity index (χ3v) is 5.17. The summed E-state index contributed by atoms with van der Waals surface area (Å²) in [6.45, 7) is 8.70. The number of fused-ring (bicyclic) bond motifs is 2. The van der Waals surface area contributed by atoms with Crippen LogP contribution >= 0.6 is 0 Å². The van der Waals surface area contributed by atoms with Gasteiger partial charge in [-0.3, -0.25) is 0 Å². The molecule has 2 nitrogen and oxygen atoms in total. The second-order valence-corrected chi connectivity index (χ2v) is 6.88. The fraction of sp³-hybridized carbons (Fsp3) is 1.00. The summed E-state index contributed by atoms with van der Waals surface area (Å²) in [7, 11) is 0. The first-order valence-corrected chi connectivity index (χ1v) is 7.71. The number of nitrogens with one attached hydrogen (secondary N) is 1. The van der Waals surface area contributed by atoms with Gasteiger partial charge in [-0.15, -0.1) is 0 Å². The van der Waals surface area contributed by atoms with Crippen LogP contribution < -0.4 is 5.32 Å². The van der Waals surface area contributed by atoms with Crippen molar-refractivity contribution in [3.05, 3.63) is 0 Å². The van der Waals surface area contributed by atoms with Crippen LogP contribution in [0, 0.1) is 17.8 Å². The highest BCUT2D eigenvalue weighted by Crippen LogP contribution is 2.36. The van der Waals surface area contributed by atoms with Crippen molar-refractivity contribution in [2.24, 2.45) is 17.8 Å². The molecule has 0 aromatic rings. The molecule has 3 aliphatic rings. The monoisotopic (exact) mass is 236 g/mol. The standard InChI is InChI=1S/C15H28N2/c1-11(2)17-9-13-4-3-5-14(10-17)15(13)16-8-12-6-7-12/h11-16H,3-10H2,1-2H3. The average Bonchev–Trinajstić information content (AvgIpc) is 3.08. The topological polar surface area (TPSA) is 15.3 Å². The third kappa shape index (κ3) is 2.68. The molecule has 2 aliphatic carbocycles. The van der Waals surface area contributed by atoms with Crippen molar-refractivity contribution >= 4 is 0 Å². The van der Waals surface area contributed by atoms with E-state index in [-0.39, 0.29) is 0 Å². The number of likely N-dealkylation sites (tertiary alicyclic amines) is 1. The summed E-state index contributed by atoms with van der Waals surface area (Å²) in [5.74, 6) is 2.89. The van der Waals surface area contributed by atoms with Crippen LogP contribution in [0.3, 0.4) is 0 Å². The number of nitrogens with zero attached hydrogens (tertiary/aromatic N) is 1. The average molecular weight is 236 g/mol. The van der Waals surface area contributed by atoms with Gasteiger partial charge < -0.3 is 10.2 Å². The van der Waals surface area contributed by atoms with Crippen LogP contribution in [0.2, 0.25) is 0 Å². The molecule has 2 atom stereocenters. The van der Waals surface area contributed by atoms with Gasteiger partial charge in [-0.1, -0.05) is 6.42 Å². The van der Waals surface area contributed by atoms with Crippen LogP contribution in [-0.4, -0.2) is 36.6 Å². The Labute approximate surface area is 106 Å². The van der Waals surface area contributed by atoms with E-state index in [9.17, 15) is 0 Å². The summed E-state index contributed by atoms with van der Waals surface area (Å²) in [6, 6.07) is 1.59. The van der Waals surface area contributed by atoms with Crippen LogP contribution in [0.1, 0.15) is 46.0 Å². The van der Waals surface area contributed by atoms with Gasteiger partial charge >= 0.3 is 0 Å². The molecule has 1 heterocycles. The van der Waals surface area contributed by atoms with E-state index in [1.807, 2.05) is 0 Å². The molecule has 0 aromatic carbocycles. The van der Waals surface area contributed by atoms with Gasteiger partial charge in [0, 0.05) is 25.2 Å². The number of hydrogen-bond donors (Lipinski definition) is 1. The predicted octanol–water partition coefficient (Wildman–Crippen LogP) is 2.49. The van der Waals surface area contributed by atoms with Crippen molar-refractivity contribution in [2.75, 3.05) is 19.6 Å². The Kier molecular flexibility index (Phi) is 3.45. The van der Waals surface area contributed by atoms with Crippen LogP contribution in [0.4, 0.5) is 0 Å². The minimum Gasteiger partial charge on any atom is -0.313 e. The summed E-state index contributed by atoms with van der Waals surface area (Å²) < 4.78 is 0. The fourth-order valence-electron chi connectivity index (χ4n) is 3.85. The highest BCUT2D eigenvalue weighted by molar-refractivity contribution is 4.96. The van der Waals surface area contributed by atoms with Gasteiger partial charge in [0.15, 0.2) is 0 Å². The lowest BCUT2D eigenvalue weighted by Crippen LogP contribution is -2.58. The van der Waals surface area contributed by atoms with Crippen molar-refractivity contribution < 1.29 is 0 Å². The lowest BCUT2D eigenvalue weighted by atomic mass is 9.73. The molecule has 3 fully saturated rings. The molecule has 0 aromatic heterocycles. The minimum atomic E-state index is 0.738. The Morgan fingerprint density at radius 3 is 2.24 bits per heavy atom. The molecular formula is C15H28N2. The van der Waals surface area contributed by atoms with Crippen LogP contribution in [0.15, 0.2) is 0 Å². The van der Waals surface area contributed by atoms with Crippen LogP contribution in [0.5, 0.6) is 0 Å². The Bertz CT molecular complexity index is 246. The van der Waals surface area contributed by atoms with E-state index in [1.54, 1.807) is 0 Å². The maximum atomic E-state index is 3.92. The molecule has 3 rings (SSSR count). The van der Waals surface area contributed by atoms with Gasteiger partial charge in [-0.25, -0.2) is 0 Å². The van der Waals surface area contributed by atoms with Gasteiger partial charge in [-0.05, 0) is 63.8 Å². The fourth-order valence-corrected chi connectivity index (χ4v) is 3.85. The van der Waals surface area contributed by atoms with E-state index >= 15 is 0 Å². The molecule has 2 bridgehead atoms. The van der Waals surface area contributed by atoms with Crippen molar-refractivity contribution in [3.8, 4) is 0 Å². The largest absolute Gasteiger partial charge is 0.313 e. The molecule has 17 heavy (non-hydrogen) atoms. The lowest BCUT2D eigenvalue weighted by molar-refractivity contribution is 0.0294. The summed E-state index contributed by atoms with van der Waals surface area (Å²) in [6.07, 6.45) is 7.35. The number of rotatable bonds is 4. The molecule has 1 aliphatic heterocycles. The summed E-state index contributed by atoms with van der Waals surface area (Å²) in [5.41, 5.74) is 0. The smallest absolute Gasteiger partial charge is 0.0148 e. The molecule has 2 heteroatoms. The van der Waals surface area contributed by atoms with Crippen molar-refractivity contribution in [3.63, 3.8) is 0 Å². The molecule has 2 saturated carbocycles. The van der Waals surface area contributed by atoms with Gasteiger partial charge in [0.05, 0.1) is 0 Å². The Hall–Kier alpha value is -0.0800. The molecule has 0 spiro atoms. The predicted molar refractivity (Wildman–Crippen MR) is 72.1 cm³/mol. The first kappa shape index (κ1) is 12.0. The maximum Gasteiger partial charge on any atom is 0.0148 e. The zero-order valence-electron chi connectivity index (χ0n) is 11.5. The molecule has 1 saturated heterocycles. The van der Waals surface area contributed by atoms with E-state index in [0.29, 0.717) is 0 Å². The Morgan fingerprint density at radius 1 is 1.06 bits per heavy atom. The molecule has 0 radical (unpaired) electrons. The second-order valence-electron chi connectivity index (χ2n) is 6.88. The van der Waals surface area contributed by atoms with Gasteiger partial charge in [0.25, 0.3) is 0 Å². The Balaban J connectivity index is 1.60. The first-order valence-electron chi connectivity index (χ1n) is 7.71. The molecule has 2 unspecified atom stereocenters. The molecular weight excluding hydrogens is 208 g/mol. The van der Waals surface area contributed by atoms with Crippen molar-refractivity contribution in [2.45, 2.75) is 58.0 Å². The van der Waals surface area contributed by atoms with E-state index in [1.165, 1.54) is 51.7 Å². The van der Waals surface area contributed by atoms with Gasteiger partial charge in [0.2, 0.25) is 0 Å². The zero-order chi connectivity index (χ0) is 11.8. The van der Waals surface area contributed by atoms with Crippen LogP contribution in [-0.2, 0) is 0 Å². The second kappa shape index (κ2) is 4.89. The van der Waals surface area contributed by atoms with E-state index in [0.717, 1.165) is 29.8 Å². The summed E-state index contributed by atoms with van der Waals surface area (Å²) in [4.78, 5) is 2.71. The number of piperidine rings is 1. The minimum absolute atomic E-state index is 0.738. The van der Waals surface area contributed by atoms with Crippen molar-refractivity contribution in [1.29, 1.82) is 0 Å².